The molecule has 3 rings (SSSR count). The molecule has 1 aliphatic heterocycles. The maximum Gasteiger partial charge on any atom is 0.407 e. The second-order valence-corrected chi connectivity index (χ2v) is 5.11. The molecule has 8 nitrogen and oxygen atoms in total. The lowest BCUT2D eigenvalue weighted by Gasteiger charge is -2.09. The van der Waals surface area contributed by atoms with Crippen molar-refractivity contribution in [3.05, 3.63) is 23.2 Å². The monoisotopic (exact) mass is 294 g/mol. The highest BCUT2D eigenvalue weighted by molar-refractivity contribution is 7.13. The Bertz CT molecular complexity index is 651. The smallest absolute Gasteiger partial charge is 0.407 e. The SMILES string of the molecule is O=C1NCC(Cn2nnc(C(=O)O)c2-c2cccs2)O1. The molecule has 0 spiro atoms. The van der Waals surface area contributed by atoms with Gasteiger partial charge in [0.2, 0.25) is 0 Å². The molecule has 0 aliphatic carbocycles. The summed E-state index contributed by atoms with van der Waals surface area (Å²) in [6, 6.07) is 3.62. The van der Waals surface area contributed by atoms with Gasteiger partial charge in [-0.25, -0.2) is 14.3 Å². The van der Waals surface area contributed by atoms with Crippen molar-refractivity contribution in [2.24, 2.45) is 0 Å². The third kappa shape index (κ3) is 2.23. The lowest BCUT2D eigenvalue weighted by atomic mass is 10.2. The van der Waals surface area contributed by atoms with Gasteiger partial charge >= 0.3 is 12.1 Å². The molecule has 104 valence electrons. The number of hydrogen-bond donors (Lipinski definition) is 2. The van der Waals surface area contributed by atoms with Crippen molar-refractivity contribution in [3.8, 4) is 10.6 Å². The topological polar surface area (TPSA) is 106 Å². The van der Waals surface area contributed by atoms with E-state index in [0.717, 1.165) is 4.88 Å². The quantitative estimate of drug-likeness (QED) is 0.864. The Morgan fingerprint density at radius 2 is 2.50 bits per heavy atom. The summed E-state index contributed by atoms with van der Waals surface area (Å²) < 4.78 is 6.48. The van der Waals surface area contributed by atoms with E-state index >= 15 is 0 Å². The molecule has 1 unspecified atom stereocenters. The first kappa shape index (κ1) is 12.6. The summed E-state index contributed by atoms with van der Waals surface area (Å²) >= 11 is 1.40. The van der Waals surface area contributed by atoms with Crippen LogP contribution in [0.4, 0.5) is 4.79 Å². The number of ether oxygens (including phenoxy) is 1. The summed E-state index contributed by atoms with van der Waals surface area (Å²) in [5.41, 5.74) is 0.320. The zero-order chi connectivity index (χ0) is 14.1. The van der Waals surface area contributed by atoms with Crippen LogP contribution in [0.5, 0.6) is 0 Å². The van der Waals surface area contributed by atoms with Crippen molar-refractivity contribution in [1.82, 2.24) is 20.3 Å². The van der Waals surface area contributed by atoms with E-state index in [-0.39, 0.29) is 18.3 Å². The predicted octanol–water partition coefficient (Wildman–Crippen LogP) is 0.813. The lowest BCUT2D eigenvalue weighted by molar-refractivity contribution is 0.0691. The van der Waals surface area contributed by atoms with Crippen LogP contribution < -0.4 is 5.32 Å². The van der Waals surface area contributed by atoms with Crippen LogP contribution in [0, 0.1) is 0 Å². The molecule has 20 heavy (non-hydrogen) atoms. The van der Waals surface area contributed by atoms with Gasteiger partial charge in [0.1, 0.15) is 11.8 Å². The van der Waals surface area contributed by atoms with Crippen LogP contribution in [-0.2, 0) is 11.3 Å². The number of rotatable bonds is 4. The minimum absolute atomic E-state index is 0.107. The molecule has 1 fully saturated rings. The fourth-order valence-corrected chi connectivity index (χ4v) is 2.74. The van der Waals surface area contributed by atoms with Crippen molar-refractivity contribution in [2.75, 3.05) is 6.54 Å². The van der Waals surface area contributed by atoms with Gasteiger partial charge < -0.3 is 15.2 Å². The predicted molar refractivity (Wildman–Crippen MR) is 68.6 cm³/mol. The zero-order valence-electron chi connectivity index (χ0n) is 10.1. The van der Waals surface area contributed by atoms with Gasteiger partial charge in [-0.2, -0.15) is 0 Å². The number of nitrogens with one attached hydrogen (secondary N) is 1. The number of aromatic nitrogens is 3. The number of carbonyl (C=O) groups is 2. The first-order valence-corrected chi connectivity index (χ1v) is 6.68. The maximum atomic E-state index is 11.2. The molecule has 2 aromatic rings. The van der Waals surface area contributed by atoms with Gasteiger partial charge in [-0.3, -0.25) is 0 Å². The van der Waals surface area contributed by atoms with E-state index in [4.69, 9.17) is 4.74 Å². The fourth-order valence-electron chi connectivity index (χ4n) is 1.97. The molecule has 0 radical (unpaired) electrons. The van der Waals surface area contributed by atoms with Crippen molar-refractivity contribution in [3.63, 3.8) is 0 Å². The Kier molecular flexibility index (Phi) is 3.11. The number of carboxylic acid groups (broad SMARTS) is 1. The number of aromatic carboxylic acids is 1. The molecule has 0 bridgehead atoms. The standard InChI is InChI=1S/C11H10N4O4S/c16-10(17)8-9(7-2-1-3-20-7)15(14-13-8)5-6-4-12-11(18)19-6/h1-3,6H,4-5H2,(H,12,18)(H,16,17). The van der Waals surface area contributed by atoms with Gasteiger partial charge in [-0.05, 0) is 11.4 Å². The van der Waals surface area contributed by atoms with E-state index in [1.54, 1.807) is 6.07 Å². The summed E-state index contributed by atoms with van der Waals surface area (Å²) in [6.45, 7) is 0.622. The maximum absolute atomic E-state index is 11.2. The van der Waals surface area contributed by atoms with Crippen LogP contribution in [0.25, 0.3) is 10.6 Å². The molecule has 1 atom stereocenters. The fraction of sp³-hybridized carbons (Fsp3) is 0.273. The highest BCUT2D eigenvalue weighted by atomic mass is 32.1. The molecule has 1 saturated heterocycles. The highest BCUT2D eigenvalue weighted by Crippen LogP contribution is 2.27. The van der Waals surface area contributed by atoms with E-state index in [1.165, 1.54) is 16.0 Å². The summed E-state index contributed by atoms with van der Waals surface area (Å²) in [6.07, 6.45) is -0.865. The Hall–Kier alpha value is -2.42. The minimum Gasteiger partial charge on any atom is -0.476 e. The summed E-state index contributed by atoms with van der Waals surface area (Å²) in [5, 5.41) is 21.1. The van der Waals surface area contributed by atoms with E-state index in [9.17, 15) is 14.7 Å². The summed E-state index contributed by atoms with van der Waals surface area (Å²) in [5.74, 6) is -1.14. The molecular weight excluding hydrogens is 284 g/mol. The molecule has 0 saturated carbocycles. The van der Waals surface area contributed by atoms with Crippen LogP contribution in [-0.4, -0.2) is 44.8 Å². The number of carbonyl (C=O) groups excluding carboxylic acids is 1. The molecule has 2 aromatic heterocycles. The van der Waals surface area contributed by atoms with E-state index in [0.29, 0.717) is 12.2 Å². The van der Waals surface area contributed by atoms with Gasteiger partial charge in [0.05, 0.1) is 18.0 Å². The Balaban J connectivity index is 1.95. The zero-order valence-corrected chi connectivity index (χ0v) is 11.0. The first-order valence-electron chi connectivity index (χ1n) is 5.80. The number of hydrogen-bond acceptors (Lipinski definition) is 6. The average molecular weight is 294 g/mol. The van der Waals surface area contributed by atoms with Crippen LogP contribution in [0.3, 0.4) is 0 Å². The first-order chi connectivity index (χ1) is 9.65. The Morgan fingerprint density at radius 1 is 1.65 bits per heavy atom. The second-order valence-electron chi connectivity index (χ2n) is 4.16. The van der Waals surface area contributed by atoms with Crippen LogP contribution in [0.1, 0.15) is 10.5 Å². The van der Waals surface area contributed by atoms with Gasteiger partial charge in [0.15, 0.2) is 5.69 Å². The number of thiophene rings is 1. The van der Waals surface area contributed by atoms with E-state index in [1.807, 2.05) is 11.4 Å². The number of amides is 1. The summed E-state index contributed by atoms with van der Waals surface area (Å²) in [4.78, 5) is 23.0. The van der Waals surface area contributed by atoms with Crippen molar-refractivity contribution < 1.29 is 19.4 Å². The van der Waals surface area contributed by atoms with Crippen molar-refractivity contribution in [2.45, 2.75) is 12.6 Å². The molecule has 0 aromatic carbocycles. The molecule has 2 N–H and O–H groups in total. The Morgan fingerprint density at radius 3 is 3.10 bits per heavy atom. The van der Waals surface area contributed by atoms with Crippen molar-refractivity contribution >= 4 is 23.4 Å². The number of cyclic esters (lactones) is 1. The molecule has 1 amide bonds. The van der Waals surface area contributed by atoms with Gasteiger partial charge in [-0.15, -0.1) is 16.4 Å². The number of alkyl carbamates (subject to hydrolysis) is 1. The number of carboxylic acids is 1. The molecule has 1 aliphatic rings. The van der Waals surface area contributed by atoms with Gasteiger partial charge in [0, 0.05) is 0 Å². The molecule has 3 heterocycles. The molecular formula is C11H10N4O4S. The highest BCUT2D eigenvalue weighted by Gasteiger charge is 2.27. The largest absolute Gasteiger partial charge is 0.476 e. The van der Waals surface area contributed by atoms with Crippen molar-refractivity contribution in [1.29, 1.82) is 0 Å². The minimum atomic E-state index is -1.14. The molecule has 9 heteroatoms. The van der Waals surface area contributed by atoms with Gasteiger partial charge in [0.25, 0.3) is 0 Å². The van der Waals surface area contributed by atoms with Gasteiger partial charge in [-0.1, -0.05) is 11.3 Å². The lowest BCUT2D eigenvalue weighted by Crippen LogP contribution is -2.22. The third-order valence-electron chi connectivity index (χ3n) is 2.82. The number of nitrogens with zero attached hydrogens (tertiary/aromatic N) is 3. The van der Waals surface area contributed by atoms with Crippen LogP contribution in [0.2, 0.25) is 0 Å². The summed E-state index contributed by atoms with van der Waals surface area (Å²) in [7, 11) is 0. The Labute approximate surface area is 117 Å². The van der Waals surface area contributed by atoms with Crippen LogP contribution in [0.15, 0.2) is 17.5 Å². The van der Waals surface area contributed by atoms with E-state index in [2.05, 4.69) is 15.6 Å². The second kappa shape index (κ2) is 4.93. The third-order valence-corrected chi connectivity index (χ3v) is 3.69. The average Bonchev–Trinajstić information content (AvgIpc) is 3.10. The normalized spacial score (nSPS) is 17.8. The van der Waals surface area contributed by atoms with Crippen LogP contribution >= 0.6 is 11.3 Å². The van der Waals surface area contributed by atoms with E-state index < -0.39 is 12.1 Å².